The van der Waals surface area contributed by atoms with Gasteiger partial charge in [0, 0.05) is 11.1 Å². The Morgan fingerprint density at radius 1 is 0.837 bits per heavy atom. The second-order valence-electron chi connectivity index (χ2n) is 10.7. The second-order valence-corrected chi connectivity index (χ2v) is 11.5. The van der Waals surface area contributed by atoms with Crippen molar-refractivity contribution < 1.29 is 33.4 Å². The monoisotopic (exact) mass is 622 g/mol. The molecule has 2 fully saturated rings. The van der Waals surface area contributed by atoms with Gasteiger partial charge in [-0.2, -0.15) is 5.01 Å². The summed E-state index contributed by atoms with van der Waals surface area (Å²) in [6.07, 6.45) is 1.86. The molecule has 1 saturated carbocycles. The number of carbonyl (C=O) groups is 5. The van der Waals surface area contributed by atoms with E-state index in [-0.39, 0.29) is 38.4 Å². The molecule has 1 heterocycles. The van der Waals surface area contributed by atoms with E-state index in [9.17, 15) is 24.0 Å². The van der Waals surface area contributed by atoms with Gasteiger partial charge in [-0.05, 0) is 85.8 Å². The zero-order valence-electron chi connectivity index (χ0n) is 23.4. The second kappa shape index (κ2) is 12.6. The highest BCUT2D eigenvalue weighted by Gasteiger charge is 2.52. The molecule has 5 rings (SSSR count). The third-order valence-electron chi connectivity index (χ3n) is 7.79. The number of rotatable bonds is 8. The molecule has 3 atom stereocenters. The van der Waals surface area contributed by atoms with Crippen molar-refractivity contribution >= 4 is 52.7 Å². The molecule has 0 unspecified atom stereocenters. The fourth-order valence-corrected chi connectivity index (χ4v) is 5.77. The zero-order valence-corrected chi connectivity index (χ0v) is 24.9. The molecule has 9 nitrogen and oxygen atoms in total. The number of methoxy groups -OCH3 is 1. The summed E-state index contributed by atoms with van der Waals surface area (Å²) in [5.74, 6) is -3.03. The third kappa shape index (κ3) is 6.28. The van der Waals surface area contributed by atoms with Crippen LogP contribution in [0.15, 0.2) is 66.7 Å². The first kappa shape index (κ1) is 30.3. The number of amides is 3. The maximum Gasteiger partial charge on any atom is 0.343 e. The molecule has 3 aromatic carbocycles. The summed E-state index contributed by atoms with van der Waals surface area (Å²) in [5.41, 5.74) is 0.523. The highest BCUT2D eigenvalue weighted by molar-refractivity contribution is 6.42. The van der Waals surface area contributed by atoms with Crippen LogP contribution in [0.25, 0.3) is 0 Å². The highest BCUT2D eigenvalue weighted by atomic mass is 35.5. The molecule has 0 aromatic heterocycles. The van der Waals surface area contributed by atoms with Gasteiger partial charge in [-0.1, -0.05) is 36.2 Å². The Kier molecular flexibility index (Phi) is 8.84. The number of imide groups is 1. The molecule has 43 heavy (non-hydrogen) atoms. The number of ether oxygens (including phenoxy) is 2. The predicted molar refractivity (Wildman–Crippen MR) is 158 cm³/mol. The third-order valence-corrected chi connectivity index (χ3v) is 8.53. The predicted octanol–water partition coefficient (Wildman–Crippen LogP) is 5.88. The Bertz CT molecular complexity index is 1610. The van der Waals surface area contributed by atoms with E-state index in [0.717, 1.165) is 16.4 Å². The summed E-state index contributed by atoms with van der Waals surface area (Å²) in [6.45, 7) is 1.44. The molecular formula is C32H28Cl2N2O7. The largest absolute Gasteiger partial charge is 0.497 e. The maximum absolute atomic E-state index is 13.7. The maximum atomic E-state index is 13.7. The fourth-order valence-electron chi connectivity index (χ4n) is 5.47. The SMILES string of the molecule is COc1cccc(C(=O)Oc2ccc(C(=O)CN(C(=O)c3ccc(Cl)c(Cl)c3)N3C(=O)[C@H]4C[C@@H](C)CC[C@H]4C3=O)cc2)c1. The topological polar surface area (TPSA) is 110 Å². The lowest BCUT2D eigenvalue weighted by molar-refractivity contribution is -0.154. The van der Waals surface area contributed by atoms with Crippen LogP contribution in [0.1, 0.15) is 57.3 Å². The van der Waals surface area contributed by atoms with Crippen LogP contribution in [0.5, 0.6) is 11.5 Å². The van der Waals surface area contributed by atoms with E-state index in [1.807, 2.05) is 6.92 Å². The van der Waals surface area contributed by atoms with E-state index in [2.05, 4.69) is 0 Å². The Hall–Kier alpha value is -4.21. The Morgan fingerprint density at radius 2 is 1.53 bits per heavy atom. The van der Waals surface area contributed by atoms with Crippen LogP contribution in [-0.2, 0) is 9.59 Å². The van der Waals surface area contributed by atoms with Gasteiger partial charge in [0.1, 0.15) is 18.0 Å². The molecule has 0 spiro atoms. The van der Waals surface area contributed by atoms with Crippen molar-refractivity contribution in [2.75, 3.05) is 13.7 Å². The minimum absolute atomic E-state index is 0.0610. The van der Waals surface area contributed by atoms with Crippen molar-refractivity contribution in [1.82, 2.24) is 10.0 Å². The van der Waals surface area contributed by atoms with Crippen LogP contribution < -0.4 is 9.47 Å². The average molecular weight is 623 g/mol. The first-order chi connectivity index (χ1) is 20.6. The number of hydrazine groups is 1. The van der Waals surface area contributed by atoms with Gasteiger partial charge in [0.05, 0.1) is 34.6 Å². The van der Waals surface area contributed by atoms with Crippen LogP contribution >= 0.6 is 23.2 Å². The average Bonchev–Trinajstić information content (AvgIpc) is 3.25. The first-order valence-electron chi connectivity index (χ1n) is 13.7. The van der Waals surface area contributed by atoms with E-state index in [4.69, 9.17) is 32.7 Å². The van der Waals surface area contributed by atoms with Crippen molar-refractivity contribution in [3.63, 3.8) is 0 Å². The van der Waals surface area contributed by atoms with Gasteiger partial charge in [-0.3, -0.25) is 19.2 Å². The molecule has 0 radical (unpaired) electrons. The first-order valence-corrected chi connectivity index (χ1v) is 14.5. The lowest BCUT2D eigenvalue weighted by Gasteiger charge is -2.30. The number of esters is 1. The summed E-state index contributed by atoms with van der Waals surface area (Å²) >= 11 is 12.2. The number of hydrogen-bond acceptors (Lipinski definition) is 7. The molecule has 1 aliphatic heterocycles. The number of hydrogen-bond donors (Lipinski definition) is 0. The summed E-state index contributed by atoms with van der Waals surface area (Å²) in [6, 6.07) is 16.4. The van der Waals surface area contributed by atoms with Gasteiger partial charge in [-0.15, -0.1) is 0 Å². The Balaban J connectivity index is 1.38. The van der Waals surface area contributed by atoms with Crippen molar-refractivity contribution in [3.8, 4) is 11.5 Å². The van der Waals surface area contributed by atoms with Crippen LogP contribution in [0.4, 0.5) is 0 Å². The fraction of sp³-hybridized carbons (Fsp3) is 0.281. The number of nitrogens with zero attached hydrogens (tertiary/aromatic N) is 2. The summed E-state index contributed by atoms with van der Waals surface area (Å²) in [4.78, 5) is 66.7. The summed E-state index contributed by atoms with van der Waals surface area (Å²) in [5, 5.41) is 2.06. The molecule has 1 aliphatic carbocycles. The smallest absolute Gasteiger partial charge is 0.343 e. The van der Waals surface area contributed by atoms with Crippen LogP contribution in [0, 0.1) is 17.8 Å². The Morgan fingerprint density at radius 3 is 2.23 bits per heavy atom. The van der Waals surface area contributed by atoms with E-state index >= 15 is 0 Å². The quantitative estimate of drug-likeness (QED) is 0.133. The lowest BCUT2D eigenvalue weighted by atomic mass is 9.76. The van der Waals surface area contributed by atoms with Crippen LogP contribution in [0.2, 0.25) is 10.0 Å². The van der Waals surface area contributed by atoms with Gasteiger partial charge in [0.25, 0.3) is 17.7 Å². The van der Waals surface area contributed by atoms with Gasteiger partial charge in [-0.25, -0.2) is 9.80 Å². The molecule has 0 bridgehead atoms. The summed E-state index contributed by atoms with van der Waals surface area (Å²) < 4.78 is 10.5. The molecular weight excluding hydrogens is 595 g/mol. The minimum atomic E-state index is -0.746. The van der Waals surface area contributed by atoms with Crippen LogP contribution in [-0.4, -0.2) is 53.1 Å². The van der Waals surface area contributed by atoms with Crippen molar-refractivity contribution in [3.05, 3.63) is 93.5 Å². The molecule has 3 aromatic rings. The van der Waals surface area contributed by atoms with E-state index in [0.29, 0.717) is 18.6 Å². The lowest BCUT2D eigenvalue weighted by Crippen LogP contribution is -2.52. The minimum Gasteiger partial charge on any atom is -0.497 e. The van der Waals surface area contributed by atoms with Crippen molar-refractivity contribution in [2.24, 2.45) is 17.8 Å². The molecule has 3 amide bonds. The van der Waals surface area contributed by atoms with Crippen molar-refractivity contribution in [1.29, 1.82) is 0 Å². The van der Waals surface area contributed by atoms with E-state index in [1.54, 1.807) is 18.2 Å². The van der Waals surface area contributed by atoms with Gasteiger partial charge >= 0.3 is 5.97 Å². The van der Waals surface area contributed by atoms with E-state index < -0.39 is 47.9 Å². The van der Waals surface area contributed by atoms with Gasteiger partial charge < -0.3 is 9.47 Å². The number of Topliss-reactive ketones (excluding diaryl/α,β-unsaturated/α-hetero) is 1. The number of fused-ring (bicyclic) bond motifs is 1. The summed E-state index contributed by atoms with van der Waals surface area (Å²) in [7, 11) is 1.49. The normalized spacial score (nSPS) is 19.5. The molecule has 0 N–H and O–H groups in total. The number of benzene rings is 3. The van der Waals surface area contributed by atoms with Crippen LogP contribution in [0.3, 0.4) is 0 Å². The Labute approximate surface area is 258 Å². The molecule has 2 aliphatic rings. The molecule has 1 saturated heterocycles. The van der Waals surface area contributed by atoms with Crippen molar-refractivity contribution in [2.45, 2.75) is 26.2 Å². The van der Waals surface area contributed by atoms with E-state index in [1.165, 1.54) is 55.6 Å². The van der Waals surface area contributed by atoms with Gasteiger partial charge in [0.15, 0.2) is 5.78 Å². The number of carbonyl (C=O) groups excluding carboxylic acids is 5. The van der Waals surface area contributed by atoms with Gasteiger partial charge in [0.2, 0.25) is 0 Å². The number of halogens is 2. The number of ketones is 1. The molecule has 222 valence electrons. The standard InChI is InChI=1S/C32H28Cl2N2O7/c1-18-6-12-24-25(14-18)31(40)36(30(24)39)35(29(38)20-9-13-26(33)27(34)16-20)17-28(37)19-7-10-22(11-8-19)43-32(41)21-4-3-5-23(15-21)42-2/h3-5,7-11,13,15-16,18,24-25H,6,12,14,17H2,1-2H3/t18-,24+,25-/m0/s1. The zero-order chi connectivity index (χ0) is 30.8. The molecule has 11 heteroatoms. The highest BCUT2D eigenvalue weighted by Crippen LogP contribution is 2.41.